The molecule has 0 N–H and O–H groups in total. The van der Waals surface area contributed by atoms with Gasteiger partial charge in [-0.1, -0.05) is 60.7 Å². The third-order valence-electron chi connectivity index (χ3n) is 5.91. The molecule has 2 aliphatic rings. The highest BCUT2D eigenvalue weighted by molar-refractivity contribution is 5.80. The van der Waals surface area contributed by atoms with Crippen molar-refractivity contribution in [3.05, 3.63) is 99.6 Å². The van der Waals surface area contributed by atoms with E-state index in [0.29, 0.717) is 6.04 Å². The van der Waals surface area contributed by atoms with Crippen molar-refractivity contribution in [1.29, 1.82) is 0 Å². The highest BCUT2D eigenvalue weighted by Gasteiger charge is 2.33. The number of rotatable bonds is 4. The summed E-state index contributed by atoms with van der Waals surface area (Å²) in [5.74, 6) is 0. The molecule has 1 heterocycles. The van der Waals surface area contributed by atoms with E-state index in [0.717, 1.165) is 31.7 Å². The van der Waals surface area contributed by atoms with Crippen LogP contribution in [0.5, 0.6) is 0 Å². The van der Waals surface area contributed by atoms with Crippen LogP contribution in [0.15, 0.2) is 77.9 Å². The zero-order valence-corrected chi connectivity index (χ0v) is 16.5. The molecule has 1 fully saturated rings. The first-order chi connectivity index (χ1) is 14.7. The molecule has 0 bridgehead atoms. The molecule has 6 heteroatoms. The lowest BCUT2D eigenvalue weighted by Crippen LogP contribution is -2.45. The summed E-state index contributed by atoms with van der Waals surface area (Å²) in [5.41, 5.74) is 6.26. The first kappa shape index (κ1) is 18.5. The standard InChI is InChI=1S/C24H22N4O2/c29-28(30)19-7-5-6-18(16-19)17-25-27-14-12-26(13-15-27)24-22-10-3-1-8-20(22)21-9-2-4-11-23(21)24/h1-11,16-17,24H,12-15H2. The smallest absolute Gasteiger partial charge is 0.270 e. The van der Waals surface area contributed by atoms with Gasteiger partial charge in [0.25, 0.3) is 5.69 Å². The number of hydrogen-bond donors (Lipinski definition) is 0. The van der Waals surface area contributed by atoms with Crippen LogP contribution in [0, 0.1) is 10.1 Å². The highest BCUT2D eigenvalue weighted by atomic mass is 16.6. The fourth-order valence-electron chi connectivity index (χ4n) is 4.47. The van der Waals surface area contributed by atoms with Crippen LogP contribution in [0.1, 0.15) is 22.7 Å². The van der Waals surface area contributed by atoms with Gasteiger partial charge in [-0.2, -0.15) is 5.10 Å². The number of benzene rings is 3. The fraction of sp³-hybridized carbons (Fsp3) is 0.208. The van der Waals surface area contributed by atoms with Crippen molar-refractivity contribution >= 4 is 11.9 Å². The van der Waals surface area contributed by atoms with Crippen molar-refractivity contribution in [2.45, 2.75) is 6.04 Å². The zero-order chi connectivity index (χ0) is 20.5. The molecule has 0 spiro atoms. The maximum Gasteiger partial charge on any atom is 0.270 e. The van der Waals surface area contributed by atoms with Crippen LogP contribution < -0.4 is 0 Å². The van der Waals surface area contributed by atoms with Crippen LogP contribution in [0.25, 0.3) is 11.1 Å². The van der Waals surface area contributed by atoms with E-state index < -0.39 is 0 Å². The molecule has 0 atom stereocenters. The highest BCUT2D eigenvalue weighted by Crippen LogP contribution is 2.46. The molecule has 6 nitrogen and oxygen atoms in total. The molecule has 0 radical (unpaired) electrons. The van der Waals surface area contributed by atoms with Crippen LogP contribution in [-0.2, 0) is 0 Å². The van der Waals surface area contributed by atoms with Crippen molar-refractivity contribution in [1.82, 2.24) is 9.91 Å². The van der Waals surface area contributed by atoms with Crippen molar-refractivity contribution in [3.8, 4) is 11.1 Å². The van der Waals surface area contributed by atoms with Gasteiger partial charge in [0.2, 0.25) is 0 Å². The third-order valence-corrected chi connectivity index (χ3v) is 5.91. The predicted octanol–water partition coefficient (Wildman–Crippen LogP) is 4.32. The lowest BCUT2D eigenvalue weighted by Gasteiger charge is -2.37. The third kappa shape index (κ3) is 3.35. The van der Waals surface area contributed by atoms with Gasteiger partial charge in [0, 0.05) is 43.9 Å². The summed E-state index contributed by atoms with van der Waals surface area (Å²) in [7, 11) is 0. The Morgan fingerprint density at radius 2 is 1.50 bits per heavy atom. The number of fused-ring (bicyclic) bond motifs is 3. The first-order valence-corrected chi connectivity index (χ1v) is 10.2. The largest absolute Gasteiger partial charge is 0.294 e. The van der Waals surface area contributed by atoms with E-state index in [2.05, 4.69) is 58.5 Å². The van der Waals surface area contributed by atoms with Crippen LogP contribution in [-0.4, -0.2) is 47.2 Å². The summed E-state index contributed by atoms with van der Waals surface area (Å²) in [6, 6.07) is 24.2. The van der Waals surface area contributed by atoms with Gasteiger partial charge in [0.15, 0.2) is 0 Å². The second-order valence-electron chi connectivity index (χ2n) is 7.66. The monoisotopic (exact) mass is 398 g/mol. The Kier molecular flexibility index (Phi) is 4.77. The van der Waals surface area contributed by atoms with Crippen LogP contribution in [0.3, 0.4) is 0 Å². The van der Waals surface area contributed by atoms with Crippen LogP contribution in [0.4, 0.5) is 5.69 Å². The van der Waals surface area contributed by atoms with Gasteiger partial charge in [0.05, 0.1) is 17.2 Å². The molecule has 0 unspecified atom stereocenters. The number of nitro groups is 1. The van der Waals surface area contributed by atoms with Crippen molar-refractivity contribution in [3.63, 3.8) is 0 Å². The molecular formula is C24H22N4O2. The summed E-state index contributed by atoms with van der Waals surface area (Å²) >= 11 is 0. The topological polar surface area (TPSA) is 62.0 Å². The van der Waals surface area contributed by atoms with Gasteiger partial charge in [-0.3, -0.25) is 20.0 Å². The molecule has 5 rings (SSSR count). The number of nitro benzene ring substituents is 1. The number of hydrazone groups is 1. The number of piperazine rings is 1. The summed E-state index contributed by atoms with van der Waals surface area (Å²) in [4.78, 5) is 13.1. The number of non-ortho nitro benzene ring substituents is 1. The fourth-order valence-corrected chi connectivity index (χ4v) is 4.47. The van der Waals surface area contributed by atoms with E-state index in [1.54, 1.807) is 18.3 Å². The van der Waals surface area contributed by atoms with Gasteiger partial charge in [-0.05, 0) is 22.3 Å². The molecule has 30 heavy (non-hydrogen) atoms. The lowest BCUT2D eigenvalue weighted by molar-refractivity contribution is -0.384. The Morgan fingerprint density at radius 3 is 2.13 bits per heavy atom. The second kappa shape index (κ2) is 7.72. The minimum absolute atomic E-state index is 0.0855. The Morgan fingerprint density at radius 1 is 0.867 bits per heavy atom. The van der Waals surface area contributed by atoms with E-state index in [-0.39, 0.29) is 10.6 Å². The molecule has 1 saturated heterocycles. The molecule has 3 aromatic rings. The van der Waals surface area contributed by atoms with E-state index in [1.807, 2.05) is 11.1 Å². The molecule has 150 valence electrons. The van der Waals surface area contributed by atoms with Gasteiger partial charge >= 0.3 is 0 Å². The Labute approximate surface area is 175 Å². The van der Waals surface area contributed by atoms with Crippen LogP contribution in [0.2, 0.25) is 0 Å². The normalized spacial score (nSPS) is 16.6. The van der Waals surface area contributed by atoms with E-state index in [9.17, 15) is 10.1 Å². The van der Waals surface area contributed by atoms with Crippen LogP contribution >= 0.6 is 0 Å². The van der Waals surface area contributed by atoms with Crippen molar-refractivity contribution in [2.24, 2.45) is 5.10 Å². The summed E-state index contributed by atoms with van der Waals surface area (Å²) < 4.78 is 0. The lowest BCUT2D eigenvalue weighted by atomic mass is 10.0. The average molecular weight is 398 g/mol. The number of hydrogen-bond acceptors (Lipinski definition) is 5. The molecule has 0 aromatic heterocycles. The molecule has 3 aromatic carbocycles. The van der Waals surface area contributed by atoms with Crippen molar-refractivity contribution < 1.29 is 4.92 Å². The summed E-state index contributed by atoms with van der Waals surface area (Å²) in [6.45, 7) is 3.48. The second-order valence-corrected chi connectivity index (χ2v) is 7.66. The molecular weight excluding hydrogens is 376 g/mol. The van der Waals surface area contributed by atoms with E-state index in [1.165, 1.54) is 28.3 Å². The maximum atomic E-state index is 10.9. The van der Waals surface area contributed by atoms with Crippen molar-refractivity contribution in [2.75, 3.05) is 26.2 Å². The quantitative estimate of drug-likeness (QED) is 0.373. The molecule has 0 saturated carbocycles. The summed E-state index contributed by atoms with van der Waals surface area (Å²) in [6.07, 6.45) is 1.71. The zero-order valence-electron chi connectivity index (χ0n) is 16.5. The molecule has 1 aliphatic heterocycles. The predicted molar refractivity (Wildman–Crippen MR) is 118 cm³/mol. The minimum Gasteiger partial charge on any atom is -0.294 e. The van der Waals surface area contributed by atoms with Gasteiger partial charge in [0.1, 0.15) is 0 Å². The van der Waals surface area contributed by atoms with E-state index in [4.69, 9.17) is 0 Å². The first-order valence-electron chi connectivity index (χ1n) is 10.2. The van der Waals surface area contributed by atoms with E-state index >= 15 is 0 Å². The molecule has 0 amide bonds. The summed E-state index contributed by atoms with van der Waals surface area (Å²) in [5, 5.41) is 17.5. The van der Waals surface area contributed by atoms with Gasteiger partial charge < -0.3 is 0 Å². The minimum atomic E-state index is -0.382. The Hall–Kier alpha value is -3.51. The molecule has 1 aliphatic carbocycles. The average Bonchev–Trinajstić information content (AvgIpc) is 3.13. The Balaban J connectivity index is 1.30. The maximum absolute atomic E-state index is 10.9. The Bertz CT molecular complexity index is 1070. The number of nitrogens with zero attached hydrogens (tertiary/aromatic N) is 4. The SMILES string of the molecule is O=[N+]([O-])c1cccc(C=NN2CCN(C3c4ccccc4-c4ccccc43)CC2)c1. The van der Waals surface area contributed by atoms with Gasteiger partial charge in [-0.15, -0.1) is 0 Å². The van der Waals surface area contributed by atoms with Gasteiger partial charge in [-0.25, -0.2) is 0 Å².